The van der Waals surface area contributed by atoms with E-state index in [1.54, 1.807) is 0 Å². The highest BCUT2D eigenvalue weighted by atomic mass is 19.4. The van der Waals surface area contributed by atoms with Crippen molar-refractivity contribution in [3.05, 3.63) is 0 Å². The van der Waals surface area contributed by atoms with Crippen LogP contribution >= 0.6 is 0 Å². The van der Waals surface area contributed by atoms with Crippen molar-refractivity contribution in [1.29, 1.82) is 0 Å². The second kappa shape index (κ2) is 1.95. The Kier molecular flexibility index (Phi) is 1.28. The summed E-state index contributed by atoms with van der Waals surface area (Å²) >= 11 is 0. The van der Waals surface area contributed by atoms with Gasteiger partial charge < -0.3 is 4.74 Å². The number of alkyl halides is 3. The van der Waals surface area contributed by atoms with E-state index in [4.69, 9.17) is 0 Å². The minimum absolute atomic E-state index is 0.0972. The van der Waals surface area contributed by atoms with Crippen molar-refractivity contribution in [2.24, 2.45) is 5.41 Å². The van der Waals surface area contributed by atoms with E-state index < -0.39 is 23.7 Å². The van der Waals surface area contributed by atoms with Gasteiger partial charge in [-0.05, 0) is 12.8 Å². The zero-order valence-corrected chi connectivity index (χ0v) is 6.15. The summed E-state index contributed by atoms with van der Waals surface area (Å²) in [5.74, 6) is -1.08. The van der Waals surface area contributed by atoms with Crippen molar-refractivity contribution in [3.63, 3.8) is 0 Å². The fourth-order valence-corrected chi connectivity index (χ4v) is 1.92. The lowest BCUT2D eigenvalue weighted by Crippen LogP contribution is -2.41. The third kappa shape index (κ3) is 0.738. The van der Waals surface area contributed by atoms with Crippen LogP contribution < -0.4 is 0 Å². The van der Waals surface area contributed by atoms with Crippen LogP contribution in [0.4, 0.5) is 13.2 Å². The van der Waals surface area contributed by atoms with E-state index in [0.717, 1.165) is 0 Å². The standard InChI is InChI=1S/C7H7F3O2/c8-7(9,10)6-2-1-4(3-6)12-5(6)11/h4H,1-3H2/t4-,6-/m1/s1. The summed E-state index contributed by atoms with van der Waals surface area (Å²) in [6.45, 7) is 0. The van der Waals surface area contributed by atoms with Crippen molar-refractivity contribution in [1.82, 2.24) is 0 Å². The highest BCUT2D eigenvalue weighted by Crippen LogP contribution is 2.56. The zero-order valence-electron chi connectivity index (χ0n) is 6.15. The Balaban J connectivity index is 2.36. The Bertz CT molecular complexity index is 235. The molecule has 2 nitrogen and oxygen atoms in total. The molecule has 2 bridgehead atoms. The van der Waals surface area contributed by atoms with Crippen molar-refractivity contribution in [3.8, 4) is 0 Å². The molecule has 0 aromatic heterocycles. The number of carbonyl (C=O) groups excluding carboxylic acids is 1. The Morgan fingerprint density at radius 2 is 2.17 bits per heavy atom. The van der Waals surface area contributed by atoms with Gasteiger partial charge in [-0.3, -0.25) is 4.79 Å². The van der Waals surface area contributed by atoms with Gasteiger partial charge in [0.25, 0.3) is 0 Å². The highest BCUT2D eigenvalue weighted by Gasteiger charge is 2.68. The molecule has 1 aliphatic carbocycles. The van der Waals surface area contributed by atoms with E-state index in [2.05, 4.69) is 4.74 Å². The molecule has 0 N–H and O–H groups in total. The van der Waals surface area contributed by atoms with Crippen LogP contribution in [-0.4, -0.2) is 18.2 Å². The lowest BCUT2D eigenvalue weighted by atomic mass is 9.86. The molecular formula is C7H7F3O2. The third-order valence-corrected chi connectivity index (χ3v) is 2.68. The molecule has 0 unspecified atom stereocenters. The summed E-state index contributed by atoms with van der Waals surface area (Å²) in [6.07, 6.45) is -4.84. The summed E-state index contributed by atoms with van der Waals surface area (Å²) in [6, 6.07) is 0. The molecule has 68 valence electrons. The normalized spacial score (nSPS) is 40.2. The first-order valence-corrected chi connectivity index (χ1v) is 3.73. The van der Waals surface area contributed by atoms with E-state index in [-0.39, 0.29) is 12.8 Å². The molecule has 1 saturated carbocycles. The number of esters is 1. The van der Waals surface area contributed by atoms with E-state index in [1.807, 2.05) is 0 Å². The molecule has 1 heterocycles. The van der Waals surface area contributed by atoms with Gasteiger partial charge in [0.05, 0.1) is 0 Å². The molecule has 1 saturated heterocycles. The number of carbonyl (C=O) groups is 1. The summed E-state index contributed by atoms with van der Waals surface area (Å²) in [7, 11) is 0. The van der Waals surface area contributed by atoms with Gasteiger partial charge in [-0.15, -0.1) is 0 Å². The van der Waals surface area contributed by atoms with Gasteiger partial charge in [0.1, 0.15) is 6.10 Å². The predicted octanol–water partition coefficient (Wildman–Crippen LogP) is 1.64. The van der Waals surface area contributed by atoms with Gasteiger partial charge in [0.2, 0.25) is 0 Å². The maximum absolute atomic E-state index is 12.4. The van der Waals surface area contributed by atoms with E-state index >= 15 is 0 Å². The molecule has 2 fully saturated rings. The molecule has 0 amide bonds. The van der Waals surface area contributed by atoms with Crippen LogP contribution in [0.1, 0.15) is 19.3 Å². The zero-order chi connectivity index (χ0) is 8.98. The minimum Gasteiger partial charge on any atom is -0.462 e. The molecule has 2 rings (SSSR count). The number of hydrogen-bond donors (Lipinski definition) is 0. The Hall–Kier alpha value is -0.740. The molecule has 0 aromatic carbocycles. The molecule has 0 aromatic rings. The summed E-state index contributed by atoms with van der Waals surface area (Å²) in [5.41, 5.74) is -2.16. The fourth-order valence-electron chi connectivity index (χ4n) is 1.92. The van der Waals surface area contributed by atoms with Crippen LogP contribution in [-0.2, 0) is 9.53 Å². The topological polar surface area (TPSA) is 26.3 Å². The van der Waals surface area contributed by atoms with Crippen LogP contribution in [0, 0.1) is 5.41 Å². The van der Waals surface area contributed by atoms with Crippen molar-refractivity contribution >= 4 is 5.97 Å². The van der Waals surface area contributed by atoms with Crippen molar-refractivity contribution in [2.75, 3.05) is 0 Å². The fraction of sp³-hybridized carbons (Fsp3) is 0.857. The average molecular weight is 180 g/mol. The predicted molar refractivity (Wildman–Crippen MR) is 32.2 cm³/mol. The number of fused-ring (bicyclic) bond motifs is 2. The van der Waals surface area contributed by atoms with Crippen LogP contribution in [0.15, 0.2) is 0 Å². The number of hydrogen-bond acceptors (Lipinski definition) is 2. The highest BCUT2D eigenvalue weighted by molar-refractivity contribution is 5.81. The van der Waals surface area contributed by atoms with Crippen molar-refractivity contribution in [2.45, 2.75) is 31.5 Å². The molecule has 2 atom stereocenters. The van der Waals surface area contributed by atoms with Crippen molar-refractivity contribution < 1.29 is 22.7 Å². The number of halogens is 3. The maximum Gasteiger partial charge on any atom is 0.405 e. The third-order valence-electron chi connectivity index (χ3n) is 2.68. The number of rotatable bonds is 0. The Labute approximate surface area is 66.7 Å². The summed E-state index contributed by atoms with van der Waals surface area (Å²) in [4.78, 5) is 10.9. The summed E-state index contributed by atoms with van der Waals surface area (Å²) in [5, 5.41) is 0. The first-order chi connectivity index (χ1) is 5.46. The number of ether oxygens (including phenoxy) is 1. The first kappa shape index (κ1) is 7.89. The molecule has 1 aliphatic heterocycles. The molecule has 12 heavy (non-hydrogen) atoms. The Morgan fingerprint density at radius 3 is 2.42 bits per heavy atom. The lowest BCUT2D eigenvalue weighted by Gasteiger charge is -2.25. The van der Waals surface area contributed by atoms with E-state index in [9.17, 15) is 18.0 Å². The SMILES string of the molecule is O=C1O[C@@H]2CC[C@@]1(C(F)(F)F)C2. The van der Waals surface area contributed by atoms with Crippen LogP contribution in [0.25, 0.3) is 0 Å². The monoisotopic (exact) mass is 180 g/mol. The van der Waals surface area contributed by atoms with Crippen LogP contribution in [0.3, 0.4) is 0 Å². The molecular weight excluding hydrogens is 173 g/mol. The maximum atomic E-state index is 12.4. The summed E-state index contributed by atoms with van der Waals surface area (Å²) < 4.78 is 41.7. The van der Waals surface area contributed by atoms with Gasteiger partial charge in [-0.1, -0.05) is 0 Å². The van der Waals surface area contributed by atoms with Gasteiger partial charge >= 0.3 is 12.1 Å². The smallest absolute Gasteiger partial charge is 0.405 e. The molecule has 0 spiro atoms. The quantitative estimate of drug-likeness (QED) is 0.530. The first-order valence-electron chi connectivity index (χ1n) is 3.73. The Morgan fingerprint density at radius 1 is 1.50 bits per heavy atom. The second-order valence-electron chi connectivity index (χ2n) is 3.35. The average Bonchev–Trinajstić information content (AvgIpc) is 2.41. The minimum atomic E-state index is -4.44. The van der Waals surface area contributed by atoms with Gasteiger partial charge in [-0.25, -0.2) is 0 Å². The van der Waals surface area contributed by atoms with Gasteiger partial charge in [0.15, 0.2) is 5.41 Å². The van der Waals surface area contributed by atoms with E-state index in [1.165, 1.54) is 0 Å². The van der Waals surface area contributed by atoms with Crippen LogP contribution in [0.5, 0.6) is 0 Å². The molecule has 2 aliphatic rings. The molecule has 5 heteroatoms. The largest absolute Gasteiger partial charge is 0.462 e. The second-order valence-corrected chi connectivity index (χ2v) is 3.35. The van der Waals surface area contributed by atoms with E-state index in [0.29, 0.717) is 6.42 Å². The van der Waals surface area contributed by atoms with Gasteiger partial charge in [-0.2, -0.15) is 13.2 Å². The molecule has 0 radical (unpaired) electrons. The lowest BCUT2D eigenvalue weighted by molar-refractivity contribution is -0.224. The van der Waals surface area contributed by atoms with Gasteiger partial charge in [0, 0.05) is 6.42 Å². The van der Waals surface area contributed by atoms with Crippen LogP contribution in [0.2, 0.25) is 0 Å².